The van der Waals surface area contributed by atoms with Gasteiger partial charge in [0.15, 0.2) is 5.60 Å². The van der Waals surface area contributed by atoms with Gasteiger partial charge in [-0.05, 0) is 19.8 Å². The molecule has 0 radical (unpaired) electrons. The highest BCUT2D eigenvalue weighted by atomic mass is 16.4. The van der Waals surface area contributed by atoms with E-state index in [1.54, 1.807) is 4.90 Å². The number of hydrogen-bond donors (Lipinski definition) is 3. The van der Waals surface area contributed by atoms with Crippen molar-refractivity contribution in [1.29, 1.82) is 0 Å². The number of carbonyl (C=O) groups excluding carboxylic acids is 2. The standard InChI is InChI=1S/C12H21N3O5/c1-12(20,10(17)18)8-13-11(19)14(2)7-9(16)15-5-3-4-6-15/h20H,3-8H2,1-2H3,(H,13,19)(H,17,18). The Morgan fingerprint density at radius 1 is 1.30 bits per heavy atom. The molecule has 1 aliphatic rings. The smallest absolute Gasteiger partial charge is 0.337 e. The van der Waals surface area contributed by atoms with Gasteiger partial charge in [-0.3, -0.25) is 4.79 Å². The van der Waals surface area contributed by atoms with Gasteiger partial charge in [-0.2, -0.15) is 0 Å². The molecule has 0 aromatic carbocycles. The first-order valence-electron chi connectivity index (χ1n) is 6.46. The van der Waals surface area contributed by atoms with Crippen molar-refractivity contribution in [3.63, 3.8) is 0 Å². The molecule has 1 atom stereocenters. The zero-order valence-electron chi connectivity index (χ0n) is 11.8. The second-order valence-corrected chi connectivity index (χ2v) is 5.18. The zero-order chi connectivity index (χ0) is 15.3. The highest BCUT2D eigenvalue weighted by Crippen LogP contribution is 2.08. The molecule has 0 bridgehead atoms. The third-order valence-corrected chi connectivity index (χ3v) is 3.22. The van der Waals surface area contributed by atoms with Crippen LogP contribution >= 0.6 is 0 Å². The first-order chi connectivity index (χ1) is 9.24. The highest BCUT2D eigenvalue weighted by molar-refractivity contribution is 5.84. The molecular weight excluding hydrogens is 266 g/mol. The molecule has 8 heteroatoms. The van der Waals surface area contributed by atoms with Crippen molar-refractivity contribution in [2.75, 3.05) is 33.2 Å². The maximum Gasteiger partial charge on any atom is 0.337 e. The number of carbonyl (C=O) groups is 3. The van der Waals surface area contributed by atoms with Crippen LogP contribution in [0.4, 0.5) is 4.79 Å². The number of aliphatic carboxylic acids is 1. The Kier molecular flexibility index (Phi) is 5.32. The predicted octanol–water partition coefficient (Wildman–Crippen LogP) is -0.914. The lowest BCUT2D eigenvalue weighted by Gasteiger charge is -2.24. The van der Waals surface area contributed by atoms with E-state index in [-0.39, 0.29) is 12.5 Å². The fourth-order valence-electron chi connectivity index (χ4n) is 1.80. The third kappa shape index (κ3) is 4.37. The van der Waals surface area contributed by atoms with E-state index < -0.39 is 24.1 Å². The Morgan fingerprint density at radius 2 is 1.85 bits per heavy atom. The summed E-state index contributed by atoms with van der Waals surface area (Å²) in [6.07, 6.45) is 1.95. The van der Waals surface area contributed by atoms with E-state index in [0.29, 0.717) is 13.1 Å². The minimum absolute atomic E-state index is 0.0684. The monoisotopic (exact) mass is 287 g/mol. The number of carboxylic acids is 1. The first kappa shape index (κ1) is 16.2. The van der Waals surface area contributed by atoms with E-state index in [0.717, 1.165) is 19.8 Å². The summed E-state index contributed by atoms with van der Waals surface area (Å²) in [5.41, 5.74) is -2.03. The maximum absolute atomic E-state index is 11.8. The minimum Gasteiger partial charge on any atom is -0.479 e. The van der Waals surface area contributed by atoms with Crippen molar-refractivity contribution in [3.05, 3.63) is 0 Å². The maximum atomic E-state index is 11.8. The van der Waals surface area contributed by atoms with Gasteiger partial charge in [0.1, 0.15) is 6.54 Å². The highest BCUT2D eigenvalue weighted by Gasteiger charge is 2.31. The third-order valence-electron chi connectivity index (χ3n) is 3.22. The molecule has 1 rings (SSSR count). The van der Waals surface area contributed by atoms with E-state index in [1.807, 2.05) is 0 Å². The molecule has 0 spiro atoms. The summed E-state index contributed by atoms with van der Waals surface area (Å²) in [7, 11) is 1.44. The summed E-state index contributed by atoms with van der Waals surface area (Å²) in [6, 6.07) is -0.598. The zero-order valence-corrected chi connectivity index (χ0v) is 11.8. The molecule has 0 saturated carbocycles. The van der Waals surface area contributed by atoms with E-state index in [9.17, 15) is 19.5 Å². The van der Waals surface area contributed by atoms with Gasteiger partial charge in [0, 0.05) is 20.1 Å². The fourth-order valence-corrected chi connectivity index (χ4v) is 1.80. The molecule has 3 N–H and O–H groups in total. The van der Waals surface area contributed by atoms with Crippen LogP contribution in [0.15, 0.2) is 0 Å². The molecule has 0 aliphatic carbocycles. The van der Waals surface area contributed by atoms with Crippen molar-refractivity contribution >= 4 is 17.9 Å². The van der Waals surface area contributed by atoms with Crippen LogP contribution < -0.4 is 5.32 Å². The van der Waals surface area contributed by atoms with Crippen molar-refractivity contribution in [2.24, 2.45) is 0 Å². The molecule has 0 aromatic heterocycles. The Bertz CT molecular complexity index is 391. The minimum atomic E-state index is -2.03. The molecule has 8 nitrogen and oxygen atoms in total. The average Bonchev–Trinajstić information content (AvgIpc) is 2.89. The number of hydrogen-bond acceptors (Lipinski definition) is 4. The Morgan fingerprint density at radius 3 is 2.35 bits per heavy atom. The molecule has 1 aliphatic heterocycles. The SMILES string of the molecule is CN(CC(=O)N1CCCC1)C(=O)NCC(C)(O)C(=O)O. The Labute approximate surface area is 117 Å². The quantitative estimate of drug-likeness (QED) is 0.606. The van der Waals surface area contributed by atoms with E-state index in [2.05, 4.69) is 5.32 Å². The predicted molar refractivity (Wildman–Crippen MR) is 70.1 cm³/mol. The molecular formula is C12H21N3O5. The van der Waals surface area contributed by atoms with Crippen molar-refractivity contribution in [1.82, 2.24) is 15.1 Å². The van der Waals surface area contributed by atoms with Crippen LogP contribution in [0.3, 0.4) is 0 Å². The number of amides is 3. The van der Waals surface area contributed by atoms with Gasteiger partial charge in [0.2, 0.25) is 5.91 Å². The van der Waals surface area contributed by atoms with Gasteiger partial charge >= 0.3 is 12.0 Å². The molecule has 1 saturated heterocycles. The van der Waals surface area contributed by atoms with Crippen molar-refractivity contribution in [3.8, 4) is 0 Å². The molecule has 114 valence electrons. The molecule has 20 heavy (non-hydrogen) atoms. The molecule has 3 amide bonds. The van der Waals surface area contributed by atoms with Gasteiger partial charge in [-0.15, -0.1) is 0 Å². The van der Waals surface area contributed by atoms with Crippen LogP contribution in [-0.4, -0.2) is 76.7 Å². The average molecular weight is 287 g/mol. The lowest BCUT2D eigenvalue weighted by molar-refractivity contribution is -0.155. The fraction of sp³-hybridized carbons (Fsp3) is 0.750. The number of urea groups is 1. The summed E-state index contributed by atoms with van der Waals surface area (Å²) >= 11 is 0. The van der Waals surface area contributed by atoms with Crippen LogP contribution in [-0.2, 0) is 9.59 Å². The topological polar surface area (TPSA) is 110 Å². The van der Waals surface area contributed by atoms with Crippen molar-refractivity contribution in [2.45, 2.75) is 25.4 Å². The summed E-state index contributed by atoms with van der Waals surface area (Å²) in [6.45, 7) is 2.01. The summed E-state index contributed by atoms with van der Waals surface area (Å²) in [5.74, 6) is -1.56. The summed E-state index contributed by atoms with van der Waals surface area (Å²) < 4.78 is 0. The number of carboxylic acid groups (broad SMARTS) is 1. The van der Waals surface area contributed by atoms with Crippen LogP contribution in [0.2, 0.25) is 0 Å². The summed E-state index contributed by atoms with van der Waals surface area (Å²) in [4.78, 5) is 37.1. The number of rotatable bonds is 5. The van der Waals surface area contributed by atoms with Crippen LogP contribution in [0, 0.1) is 0 Å². The van der Waals surface area contributed by atoms with Gasteiger partial charge in [-0.25, -0.2) is 9.59 Å². The number of nitrogens with one attached hydrogen (secondary N) is 1. The first-order valence-corrected chi connectivity index (χ1v) is 6.46. The Balaban J connectivity index is 2.39. The van der Waals surface area contributed by atoms with E-state index >= 15 is 0 Å². The van der Waals surface area contributed by atoms with Gasteiger partial charge in [0.25, 0.3) is 0 Å². The normalized spacial score (nSPS) is 17.4. The van der Waals surface area contributed by atoms with Gasteiger partial charge in [0.05, 0.1) is 6.54 Å². The lowest BCUT2D eigenvalue weighted by Crippen LogP contribution is -2.50. The molecule has 1 heterocycles. The molecule has 0 aromatic rings. The molecule has 1 unspecified atom stereocenters. The van der Waals surface area contributed by atoms with Crippen LogP contribution in [0.1, 0.15) is 19.8 Å². The van der Waals surface area contributed by atoms with Crippen molar-refractivity contribution < 1.29 is 24.6 Å². The number of likely N-dealkylation sites (N-methyl/N-ethyl adjacent to an activating group) is 1. The Hall–Kier alpha value is -1.83. The number of aliphatic hydroxyl groups is 1. The summed E-state index contributed by atoms with van der Waals surface area (Å²) in [5, 5.41) is 20.5. The number of nitrogens with zero attached hydrogens (tertiary/aromatic N) is 2. The lowest BCUT2D eigenvalue weighted by atomic mass is 10.1. The van der Waals surface area contributed by atoms with Crippen LogP contribution in [0.25, 0.3) is 0 Å². The largest absolute Gasteiger partial charge is 0.479 e. The van der Waals surface area contributed by atoms with E-state index in [1.165, 1.54) is 11.9 Å². The van der Waals surface area contributed by atoms with Gasteiger partial charge < -0.3 is 25.3 Å². The number of likely N-dealkylation sites (tertiary alicyclic amines) is 1. The van der Waals surface area contributed by atoms with Gasteiger partial charge in [-0.1, -0.05) is 0 Å². The van der Waals surface area contributed by atoms with E-state index in [4.69, 9.17) is 5.11 Å². The second-order valence-electron chi connectivity index (χ2n) is 5.18. The molecule has 1 fully saturated rings. The second kappa shape index (κ2) is 6.56. The van der Waals surface area contributed by atoms with Crippen LogP contribution in [0.5, 0.6) is 0 Å².